The summed E-state index contributed by atoms with van der Waals surface area (Å²) >= 11 is 21.1. The lowest BCUT2D eigenvalue weighted by molar-refractivity contribution is 0.0543. The first-order valence-corrected chi connectivity index (χ1v) is 10.6. The molecule has 172 valence electrons. The van der Waals surface area contributed by atoms with Crippen molar-refractivity contribution < 1.29 is 19.1 Å². The summed E-state index contributed by atoms with van der Waals surface area (Å²) in [5.41, 5.74) is -2.36. The molecular weight excluding hydrogens is 446 g/mol. The second-order valence-electron chi connectivity index (χ2n) is 9.04. The monoisotopic (exact) mass is 484 g/mol. The summed E-state index contributed by atoms with van der Waals surface area (Å²) in [5.74, 6) is 0. The minimum Gasteiger partial charge on any atom is -0.448 e. The van der Waals surface area contributed by atoms with E-state index in [2.05, 4.69) is 11.7 Å². The van der Waals surface area contributed by atoms with Crippen molar-refractivity contribution in [3.05, 3.63) is 0 Å². The summed E-state index contributed by atoms with van der Waals surface area (Å²) in [4.78, 5) is 20.2. The van der Waals surface area contributed by atoms with E-state index in [0.717, 1.165) is 12.8 Å². The van der Waals surface area contributed by atoms with Crippen molar-refractivity contribution in [2.24, 2.45) is 0 Å². The first-order chi connectivity index (χ1) is 12.0. The molecule has 0 spiro atoms. The average Bonchev–Trinajstić information content (AvgIpc) is 2.32. The van der Waals surface area contributed by atoms with Crippen molar-refractivity contribution >= 4 is 57.3 Å². The second-order valence-corrected chi connectivity index (χ2v) is 11.8. The predicted molar refractivity (Wildman–Crippen MR) is 125 cm³/mol. The van der Waals surface area contributed by atoms with Crippen molar-refractivity contribution in [1.82, 2.24) is 0 Å². The number of carbonyl (C=O) groups excluding carboxylic acids is 2. The molecule has 0 aromatic rings. The molecule has 0 atom stereocenters. The third-order valence-corrected chi connectivity index (χ3v) is 2.86. The number of carbonyl (C=O) groups is 2. The van der Waals surface area contributed by atoms with Crippen LogP contribution in [0.25, 0.3) is 0 Å². The summed E-state index contributed by atoms with van der Waals surface area (Å²) in [6, 6.07) is 0. The van der Waals surface area contributed by atoms with Crippen LogP contribution in [0.2, 0.25) is 0 Å². The number of hydrogen-bond donors (Lipinski definition) is 0. The molecule has 0 radical (unpaired) electrons. The van der Waals surface area contributed by atoms with Crippen LogP contribution in [0.3, 0.4) is 0 Å². The van der Waals surface area contributed by atoms with Gasteiger partial charge in [-0.15, -0.1) is 23.2 Å². The van der Waals surface area contributed by atoms with Gasteiger partial charge in [-0.1, -0.05) is 13.8 Å². The van der Waals surface area contributed by atoms with Crippen LogP contribution in [0.15, 0.2) is 0 Å². The van der Waals surface area contributed by atoms with Gasteiger partial charge in [-0.25, -0.2) is 9.59 Å². The molecule has 0 amide bonds. The summed E-state index contributed by atoms with van der Waals surface area (Å²) < 4.78 is 9.28. The molecule has 8 heteroatoms. The predicted octanol–water partition coefficient (Wildman–Crippen LogP) is 9.15. The van der Waals surface area contributed by atoms with Crippen molar-refractivity contribution in [2.75, 3.05) is 0 Å². The topological polar surface area (TPSA) is 52.6 Å². The van der Waals surface area contributed by atoms with Gasteiger partial charge >= 0.3 is 10.9 Å². The van der Waals surface area contributed by atoms with Crippen LogP contribution in [0.5, 0.6) is 0 Å². The van der Waals surface area contributed by atoms with Crippen molar-refractivity contribution in [3.63, 3.8) is 0 Å². The highest BCUT2D eigenvalue weighted by Crippen LogP contribution is 2.15. The van der Waals surface area contributed by atoms with E-state index in [1.54, 1.807) is 20.8 Å². The Hall–Kier alpha value is 0.1000. The standard InChI is InChI=1S/C6H11ClO2.C5H9ClO2.C5H11Cl.C4H9Cl/c1-4-6(2,3)9-5(7)8;1-5(2,3)8-4(6)7;1-4-5(2,3)6;1-4(2,3)5/h4H2,1-3H3;1-3H3;4H2,1-3H3;1-3H3. The van der Waals surface area contributed by atoms with E-state index in [4.69, 9.17) is 51.1 Å². The maximum atomic E-state index is 10.2. The lowest BCUT2D eigenvalue weighted by atomic mass is 10.1. The molecule has 0 fully saturated rings. The Morgan fingerprint density at radius 2 is 0.929 bits per heavy atom. The first-order valence-electron chi connectivity index (χ1n) is 9.10. The van der Waals surface area contributed by atoms with Crippen molar-refractivity contribution in [3.8, 4) is 0 Å². The van der Waals surface area contributed by atoms with Gasteiger partial charge in [0.1, 0.15) is 11.2 Å². The average molecular weight is 486 g/mol. The third kappa shape index (κ3) is 63.4. The number of alkyl halides is 2. The van der Waals surface area contributed by atoms with E-state index >= 15 is 0 Å². The molecule has 0 rings (SSSR count). The summed E-state index contributed by atoms with van der Waals surface area (Å²) in [5, 5.41) is 0. The van der Waals surface area contributed by atoms with E-state index < -0.39 is 22.1 Å². The molecule has 0 aliphatic carbocycles. The molecule has 0 unspecified atom stereocenters. The number of halogens is 4. The van der Waals surface area contributed by atoms with Crippen LogP contribution < -0.4 is 0 Å². The van der Waals surface area contributed by atoms with Crippen LogP contribution in [0.4, 0.5) is 9.59 Å². The number of rotatable bonds is 3. The van der Waals surface area contributed by atoms with E-state index in [1.165, 1.54) is 0 Å². The van der Waals surface area contributed by atoms with Gasteiger partial charge in [-0.2, -0.15) is 0 Å². The molecule has 0 heterocycles. The zero-order chi connectivity index (χ0) is 24.0. The normalized spacial score (nSPS) is 11.4. The van der Waals surface area contributed by atoms with Crippen molar-refractivity contribution in [1.29, 1.82) is 0 Å². The largest absolute Gasteiger partial charge is 0.448 e. The number of ether oxygens (including phenoxy) is 2. The summed E-state index contributed by atoms with van der Waals surface area (Å²) in [6.07, 6.45) is 1.81. The zero-order valence-electron chi connectivity index (χ0n) is 19.6. The van der Waals surface area contributed by atoms with E-state index in [0.29, 0.717) is 0 Å². The molecular formula is C20H40Cl4O4. The molecule has 0 aromatic heterocycles. The fourth-order valence-electron chi connectivity index (χ4n) is 0.530. The SMILES string of the molecule is CC(C)(C)Cl.CC(C)(C)OC(=O)Cl.CCC(C)(C)Cl.CCC(C)(C)OC(=O)Cl. The van der Waals surface area contributed by atoms with Gasteiger partial charge in [-0.05, 0) is 82.1 Å². The molecule has 4 nitrogen and oxygen atoms in total. The Labute approximate surface area is 192 Å². The lowest BCUT2D eigenvalue weighted by Crippen LogP contribution is -2.23. The Bertz CT molecular complexity index is 411. The van der Waals surface area contributed by atoms with Crippen LogP contribution >= 0.6 is 46.4 Å². The number of hydrogen-bond acceptors (Lipinski definition) is 4. The van der Waals surface area contributed by atoms with Gasteiger partial charge in [0.2, 0.25) is 0 Å². The van der Waals surface area contributed by atoms with E-state index in [1.807, 2.05) is 55.4 Å². The summed E-state index contributed by atoms with van der Waals surface area (Å²) in [7, 11) is 0. The highest BCUT2D eigenvalue weighted by Gasteiger charge is 2.18. The second kappa shape index (κ2) is 15.9. The molecule has 0 aromatic carbocycles. The van der Waals surface area contributed by atoms with Gasteiger partial charge < -0.3 is 9.47 Å². The molecule has 0 bridgehead atoms. The van der Waals surface area contributed by atoms with Gasteiger partial charge in [-0.3, -0.25) is 0 Å². The van der Waals surface area contributed by atoms with Gasteiger partial charge in [0.15, 0.2) is 0 Å². The zero-order valence-corrected chi connectivity index (χ0v) is 22.6. The Morgan fingerprint density at radius 3 is 0.964 bits per heavy atom. The molecule has 0 saturated heterocycles. The Kier molecular flexibility index (Phi) is 20.1. The summed E-state index contributed by atoms with van der Waals surface area (Å²) in [6.45, 7) is 22.8. The van der Waals surface area contributed by atoms with Gasteiger partial charge in [0.25, 0.3) is 0 Å². The molecule has 0 N–H and O–H groups in total. The minimum atomic E-state index is -0.752. The van der Waals surface area contributed by atoms with E-state index in [-0.39, 0.29) is 9.75 Å². The van der Waals surface area contributed by atoms with Crippen LogP contribution in [-0.2, 0) is 9.47 Å². The van der Waals surface area contributed by atoms with Gasteiger partial charge in [0, 0.05) is 33.0 Å². The fourth-order valence-corrected chi connectivity index (χ4v) is 0.970. The molecule has 0 aliphatic heterocycles. The smallest absolute Gasteiger partial charge is 0.404 e. The van der Waals surface area contributed by atoms with Gasteiger partial charge in [0.05, 0.1) is 0 Å². The molecule has 28 heavy (non-hydrogen) atoms. The highest BCUT2D eigenvalue weighted by molar-refractivity contribution is 6.61. The first kappa shape index (κ1) is 35.5. The minimum absolute atomic E-state index is 0.0139. The third-order valence-electron chi connectivity index (χ3n) is 2.44. The molecule has 0 saturated carbocycles. The maximum Gasteiger partial charge on any atom is 0.404 e. The van der Waals surface area contributed by atoms with Crippen LogP contribution in [-0.4, -0.2) is 31.8 Å². The molecule has 0 aliphatic rings. The van der Waals surface area contributed by atoms with Crippen LogP contribution in [0.1, 0.15) is 95.9 Å². The Balaban J connectivity index is -0.000000141. The highest BCUT2D eigenvalue weighted by atomic mass is 35.5. The quantitative estimate of drug-likeness (QED) is 0.295. The maximum absolute atomic E-state index is 10.2. The Morgan fingerprint density at radius 1 is 0.679 bits per heavy atom. The lowest BCUT2D eigenvalue weighted by Gasteiger charge is -2.20. The van der Waals surface area contributed by atoms with Crippen molar-refractivity contribution in [2.45, 2.75) is 117 Å². The fraction of sp³-hybridized carbons (Fsp3) is 0.900. The van der Waals surface area contributed by atoms with Crippen LogP contribution in [0, 0.1) is 0 Å². The van der Waals surface area contributed by atoms with E-state index in [9.17, 15) is 9.59 Å².